The Hall–Kier alpha value is -2.04. The number of amides is 2. The maximum Gasteiger partial charge on any atom is 0.490 e. The highest BCUT2D eigenvalue weighted by Crippen LogP contribution is 2.24. The zero-order valence-electron chi connectivity index (χ0n) is 19.0. The molecule has 0 radical (unpaired) electrons. The smallest absolute Gasteiger partial charge is 0.481 e. The number of rotatable bonds is 6. The van der Waals surface area contributed by atoms with Gasteiger partial charge in [-0.05, 0) is 63.1 Å². The zero-order valence-corrected chi connectivity index (χ0v) is 19.0. The Kier molecular flexibility index (Phi) is 11.2. The molecule has 11 heteroatoms. The van der Waals surface area contributed by atoms with Gasteiger partial charge >= 0.3 is 24.1 Å². The summed E-state index contributed by atoms with van der Waals surface area (Å²) in [7, 11) is 0. The van der Waals surface area contributed by atoms with Crippen molar-refractivity contribution in [2.75, 3.05) is 39.3 Å². The van der Waals surface area contributed by atoms with Crippen LogP contribution in [0, 0.1) is 23.7 Å². The van der Waals surface area contributed by atoms with Gasteiger partial charge in [0.2, 0.25) is 0 Å². The van der Waals surface area contributed by atoms with Crippen LogP contribution in [0.5, 0.6) is 0 Å². The van der Waals surface area contributed by atoms with Gasteiger partial charge in [0.25, 0.3) is 0 Å². The Bertz CT molecular complexity index is 622. The van der Waals surface area contributed by atoms with Gasteiger partial charge in [-0.25, -0.2) is 9.59 Å². The molecule has 0 saturated carbocycles. The lowest BCUT2D eigenvalue weighted by molar-refractivity contribution is -0.192. The second kappa shape index (κ2) is 12.9. The minimum absolute atomic E-state index is 0.0150. The van der Waals surface area contributed by atoms with E-state index in [2.05, 4.69) is 24.1 Å². The molecule has 2 saturated heterocycles. The number of carbonyl (C=O) groups is 3. The number of aliphatic carboxylic acids is 2. The summed E-state index contributed by atoms with van der Waals surface area (Å²) in [6.07, 6.45) is -0.976. The van der Waals surface area contributed by atoms with Crippen molar-refractivity contribution < 1.29 is 37.8 Å². The molecular weight excluding hydrogens is 431 g/mol. The SMILES string of the molecule is CC(C)CCN1CCC(CNC(=O)N2CCC(C(=O)O)C(C)C2)CC1.O=C(O)C(F)(F)F. The Labute approximate surface area is 187 Å². The number of hydrogen-bond donors (Lipinski definition) is 3. The van der Waals surface area contributed by atoms with Crippen molar-refractivity contribution in [1.82, 2.24) is 15.1 Å². The number of nitrogens with zero attached hydrogens (tertiary/aromatic N) is 2. The molecule has 186 valence electrons. The molecule has 2 atom stereocenters. The third kappa shape index (κ3) is 10.1. The zero-order chi connectivity index (χ0) is 24.5. The van der Waals surface area contributed by atoms with Crippen molar-refractivity contribution in [3.05, 3.63) is 0 Å². The van der Waals surface area contributed by atoms with Crippen LogP contribution in [-0.4, -0.2) is 83.4 Å². The molecule has 0 spiro atoms. The molecule has 0 aromatic heterocycles. The fourth-order valence-electron chi connectivity index (χ4n) is 3.90. The molecule has 2 heterocycles. The standard InChI is InChI=1S/C19H35N3O3.C2HF3O2/c1-14(2)4-8-21-9-5-16(6-10-21)12-20-19(25)22-11-7-17(18(23)24)15(3)13-22;3-2(4,5)1(6)7/h14-17H,4-13H2,1-3H3,(H,20,25)(H,23,24);(H,6,7). The van der Waals surface area contributed by atoms with Gasteiger partial charge in [0.05, 0.1) is 5.92 Å². The molecule has 2 rings (SSSR count). The second-order valence-corrected chi connectivity index (χ2v) is 9.11. The van der Waals surface area contributed by atoms with Crippen molar-refractivity contribution in [1.29, 1.82) is 0 Å². The first-order valence-corrected chi connectivity index (χ1v) is 11.1. The quantitative estimate of drug-likeness (QED) is 0.554. The maximum absolute atomic E-state index is 12.4. The van der Waals surface area contributed by atoms with Crippen LogP contribution in [0.1, 0.15) is 46.5 Å². The molecule has 2 amide bonds. The fourth-order valence-corrected chi connectivity index (χ4v) is 3.90. The van der Waals surface area contributed by atoms with E-state index in [1.165, 1.54) is 13.0 Å². The van der Waals surface area contributed by atoms with Crippen LogP contribution in [0.15, 0.2) is 0 Å². The van der Waals surface area contributed by atoms with Crippen LogP contribution in [-0.2, 0) is 9.59 Å². The lowest BCUT2D eigenvalue weighted by Gasteiger charge is -2.36. The van der Waals surface area contributed by atoms with Crippen LogP contribution in [0.4, 0.5) is 18.0 Å². The van der Waals surface area contributed by atoms with Gasteiger partial charge < -0.3 is 25.3 Å². The van der Waals surface area contributed by atoms with E-state index < -0.39 is 18.1 Å². The first-order valence-electron chi connectivity index (χ1n) is 11.1. The number of piperidine rings is 2. The predicted octanol–water partition coefficient (Wildman–Crippen LogP) is 3.13. The summed E-state index contributed by atoms with van der Waals surface area (Å²) < 4.78 is 31.7. The van der Waals surface area contributed by atoms with E-state index in [1.807, 2.05) is 6.92 Å². The summed E-state index contributed by atoms with van der Waals surface area (Å²) in [5.74, 6) is -2.48. The predicted molar refractivity (Wildman–Crippen MR) is 112 cm³/mol. The lowest BCUT2D eigenvalue weighted by atomic mass is 9.87. The van der Waals surface area contributed by atoms with Gasteiger partial charge in [0, 0.05) is 19.6 Å². The Morgan fingerprint density at radius 2 is 1.62 bits per heavy atom. The Balaban J connectivity index is 0.000000633. The van der Waals surface area contributed by atoms with Crippen molar-refractivity contribution in [2.24, 2.45) is 23.7 Å². The van der Waals surface area contributed by atoms with Gasteiger partial charge in [-0.3, -0.25) is 4.79 Å². The highest BCUT2D eigenvalue weighted by molar-refractivity contribution is 5.75. The lowest BCUT2D eigenvalue weighted by Crippen LogP contribution is -2.50. The topological polar surface area (TPSA) is 110 Å². The van der Waals surface area contributed by atoms with Crippen molar-refractivity contribution >= 4 is 18.0 Å². The molecule has 2 unspecified atom stereocenters. The van der Waals surface area contributed by atoms with Crippen molar-refractivity contribution in [3.8, 4) is 0 Å². The van der Waals surface area contributed by atoms with Crippen LogP contribution in [0.2, 0.25) is 0 Å². The van der Waals surface area contributed by atoms with Crippen molar-refractivity contribution in [2.45, 2.75) is 52.6 Å². The number of carbonyl (C=O) groups excluding carboxylic acids is 1. The molecular formula is C21H36F3N3O5. The normalized spacial score (nSPS) is 22.8. The third-order valence-electron chi connectivity index (χ3n) is 6.02. The van der Waals surface area contributed by atoms with Crippen LogP contribution >= 0.6 is 0 Å². The summed E-state index contributed by atoms with van der Waals surface area (Å²) in [5.41, 5.74) is 0. The summed E-state index contributed by atoms with van der Waals surface area (Å²) in [6.45, 7) is 11.7. The molecule has 0 aromatic rings. The van der Waals surface area contributed by atoms with Gasteiger partial charge in [0.15, 0.2) is 0 Å². The first kappa shape index (κ1) is 28.0. The highest BCUT2D eigenvalue weighted by Gasteiger charge is 2.38. The van der Waals surface area contributed by atoms with Crippen LogP contribution in [0.3, 0.4) is 0 Å². The summed E-state index contributed by atoms with van der Waals surface area (Å²) in [4.78, 5) is 36.7. The van der Waals surface area contributed by atoms with E-state index in [-0.39, 0.29) is 17.9 Å². The number of nitrogens with one attached hydrogen (secondary N) is 1. The minimum atomic E-state index is -5.08. The van der Waals surface area contributed by atoms with E-state index >= 15 is 0 Å². The van der Waals surface area contributed by atoms with E-state index in [4.69, 9.17) is 9.90 Å². The van der Waals surface area contributed by atoms with Gasteiger partial charge in [-0.2, -0.15) is 13.2 Å². The highest BCUT2D eigenvalue weighted by atomic mass is 19.4. The third-order valence-corrected chi connectivity index (χ3v) is 6.02. The van der Waals surface area contributed by atoms with E-state index in [0.29, 0.717) is 25.4 Å². The molecule has 3 N–H and O–H groups in total. The van der Waals surface area contributed by atoms with E-state index in [0.717, 1.165) is 38.4 Å². The molecule has 0 bridgehead atoms. The Morgan fingerprint density at radius 3 is 2.06 bits per heavy atom. The summed E-state index contributed by atoms with van der Waals surface area (Å²) in [5, 5.41) is 19.4. The van der Waals surface area contributed by atoms with Gasteiger partial charge in [-0.15, -0.1) is 0 Å². The first-order chi connectivity index (χ1) is 14.8. The number of carboxylic acids is 2. The van der Waals surface area contributed by atoms with Crippen molar-refractivity contribution in [3.63, 3.8) is 0 Å². The van der Waals surface area contributed by atoms with Gasteiger partial charge in [0.1, 0.15) is 0 Å². The number of likely N-dealkylation sites (tertiary alicyclic amines) is 2. The minimum Gasteiger partial charge on any atom is -0.481 e. The molecule has 0 aromatic carbocycles. The van der Waals surface area contributed by atoms with E-state index in [9.17, 15) is 27.9 Å². The number of hydrogen-bond acceptors (Lipinski definition) is 4. The summed E-state index contributed by atoms with van der Waals surface area (Å²) >= 11 is 0. The summed E-state index contributed by atoms with van der Waals surface area (Å²) in [6, 6.07) is -0.0297. The average Bonchev–Trinajstić information content (AvgIpc) is 2.70. The molecule has 8 nitrogen and oxygen atoms in total. The van der Waals surface area contributed by atoms with E-state index in [1.54, 1.807) is 4.90 Å². The molecule has 2 aliphatic rings. The monoisotopic (exact) mass is 467 g/mol. The largest absolute Gasteiger partial charge is 0.490 e. The number of alkyl halides is 3. The molecule has 0 aliphatic carbocycles. The number of carboxylic acid groups (broad SMARTS) is 2. The number of urea groups is 1. The van der Waals surface area contributed by atoms with Gasteiger partial charge in [-0.1, -0.05) is 20.8 Å². The van der Waals surface area contributed by atoms with Crippen LogP contribution < -0.4 is 5.32 Å². The second-order valence-electron chi connectivity index (χ2n) is 9.11. The molecule has 2 aliphatic heterocycles. The molecule has 32 heavy (non-hydrogen) atoms. The fraction of sp³-hybridized carbons (Fsp3) is 0.857. The number of halogens is 3. The molecule has 2 fully saturated rings. The average molecular weight is 468 g/mol. The maximum atomic E-state index is 12.4. The van der Waals surface area contributed by atoms with Crippen LogP contribution in [0.25, 0.3) is 0 Å². The Morgan fingerprint density at radius 1 is 1.06 bits per heavy atom.